The molecular formula is C28H24N2O4. The number of hydrogen-bond donors (Lipinski definition) is 2. The lowest BCUT2D eigenvalue weighted by molar-refractivity contribution is 0.101. The van der Waals surface area contributed by atoms with Crippen LogP contribution in [0.1, 0.15) is 26.3 Å². The summed E-state index contributed by atoms with van der Waals surface area (Å²) in [7, 11) is 1.55. The molecule has 0 saturated carbocycles. The third-order valence-electron chi connectivity index (χ3n) is 5.10. The van der Waals surface area contributed by atoms with Crippen LogP contribution in [-0.2, 0) is 6.61 Å². The minimum Gasteiger partial charge on any atom is -0.495 e. The Kier molecular flexibility index (Phi) is 7.20. The molecule has 0 spiro atoms. The minimum atomic E-state index is -0.273. The van der Waals surface area contributed by atoms with Crippen molar-refractivity contribution in [1.82, 2.24) is 0 Å². The highest BCUT2D eigenvalue weighted by molar-refractivity contribution is 6.06. The summed E-state index contributed by atoms with van der Waals surface area (Å²) in [5, 5.41) is 5.68. The van der Waals surface area contributed by atoms with E-state index in [9.17, 15) is 9.59 Å². The van der Waals surface area contributed by atoms with Crippen LogP contribution < -0.4 is 20.1 Å². The standard InChI is InChI=1S/C28H24N2O4/c1-33-26-13-6-5-12-25(26)30-27(31)21-14-16-23(17-15-21)29-28(32)22-10-7-11-24(18-22)34-19-20-8-3-2-4-9-20/h2-18H,19H2,1H3,(H,29,32)(H,30,31). The van der Waals surface area contributed by atoms with E-state index in [4.69, 9.17) is 9.47 Å². The highest BCUT2D eigenvalue weighted by Gasteiger charge is 2.11. The van der Waals surface area contributed by atoms with Crippen molar-refractivity contribution in [2.24, 2.45) is 0 Å². The van der Waals surface area contributed by atoms with Crippen LogP contribution in [0.3, 0.4) is 0 Å². The van der Waals surface area contributed by atoms with E-state index in [1.165, 1.54) is 0 Å². The highest BCUT2D eigenvalue weighted by atomic mass is 16.5. The molecule has 0 radical (unpaired) electrons. The quantitative estimate of drug-likeness (QED) is 0.355. The second-order valence-corrected chi connectivity index (χ2v) is 7.49. The third kappa shape index (κ3) is 5.81. The van der Waals surface area contributed by atoms with Gasteiger partial charge in [-0.1, -0.05) is 48.5 Å². The van der Waals surface area contributed by atoms with Crippen molar-refractivity contribution in [3.63, 3.8) is 0 Å². The molecular weight excluding hydrogens is 428 g/mol. The van der Waals surface area contributed by atoms with Gasteiger partial charge < -0.3 is 20.1 Å². The summed E-state index contributed by atoms with van der Waals surface area (Å²) in [4.78, 5) is 25.3. The van der Waals surface area contributed by atoms with Crippen LogP contribution in [0.4, 0.5) is 11.4 Å². The number of rotatable bonds is 8. The van der Waals surface area contributed by atoms with E-state index in [-0.39, 0.29) is 11.8 Å². The molecule has 0 heterocycles. The van der Waals surface area contributed by atoms with E-state index < -0.39 is 0 Å². The first-order valence-corrected chi connectivity index (χ1v) is 10.7. The Morgan fingerprint density at radius 1 is 0.706 bits per heavy atom. The van der Waals surface area contributed by atoms with Gasteiger partial charge in [-0.05, 0) is 60.2 Å². The smallest absolute Gasteiger partial charge is 0.255 e. The fraction of sp³-hybridized carbons (Fsp3) is 0.0714. The van der Waals surface area contributed by atoms with Crippen molar-refractivity contribution in [3.8, 4) is 11.5 Å². The predicted molar refractivity (Wildman–Crippen MR) is 133 cm³/mol. The summed E-state index contributed by atoms with van der Waals surface area (Å²) in [5.74, 6) is 0.650. The van der Waals surface area contributed by atoms with Gasteiger partial charge in [-0.15, -0.1) is 0 Å². The number of benzene rings is 4. The third-order valence-corrected chi connectivity index (χ3v) is 5.10. The fourth-order valence-electron chi connectivity index (χ4n) is 3.32. The van der Waals surface area contributed by atoms with Crippen LogP contribution in [-0.4, -0.2) is 18.9 Å². The van der Waals surface area contributed by atoms with Gasteiger partial charge in [0.05, 0.1) is 12.8 Å². The molecule has 0 aromatic heterocycles. The van der Waals surface area contributed by atoms with Gasteiger partial charge in [0.2, 0.25) is 0 Å². The van der Waals surface area contributed by atoms with Crippen molar-refractivity contribution < 1.29 is 19.1 Å². The van der Waals surface area contributed by atoms with Crippen molar-refractivity contribution >= 4 is 23.2 Å². The van der Waals surface area contributed by atoms with Crippen LogP contribution in [0.15, 0.2) is 103 Å². The van der Waals surface area contributed by atoms with Crippen LogP contribution >= 0.6 is 0 Å². The summed E-state index contributed by atoms with van der Waals surface area (Å²) in [6.45, 7) is 0.421. The van der Waals surface area contributed by atoms with Crippen LogP contribution in [0, 0.1) is 0 Å². The maximum absolute atomic E-state index is 12.7. The zero-order valence-electron chi connectivity index (χ0n) is 18.7. The van der Waals surface area contributed by atoms with Crippen molar-refractivity contribution in [1.29, 1.82) is 0 Å². The van der Waals surface area contributed by atoms with Crippen LogP contribution in [0.2, 0.25) is 0 Å². The Morgan fingerprint density at radius 2 is 1.41 bits per heavy atom. The molecule has 2 amide bonds. The molecule has 0 unspecified atom stereocenters. The maximum Gasteiger partial charge on any atom is 0.255 e. The number of nitrogens with one attached hydrogen (secondary N) is 2. The van der Waals surface area contributed by atoms with Crippen molar-refractivity contribution in [2.45, 2.75) is 6.61 Å². The summed E-state index contributed by atoms with van der Waals surface area (Å²) in [6.07, 6.45) is 0. The lowest BCUT2D eigenvalue weighted by Gasteiger charge is -2.11. The highest BCUT2D eigenvalue weighted by Crippen LogP contribution is 2.24. The summed E-state index contributed by atoms with van der Waals surface area (Å²) < 4.78 is 11.1. The molecule has 4 rings (SSSR count). The minimum absolute atomic E-state index is 0.267. The number of carbonyl (C=O) groups is 2. The van der Waals surface area contributed by atoms with Gasteiger partial charge in [0.25, 0.3) is 11.8 Å². The van der Waals surface area contributed by atoms with Gasteiger partial charge in [-0.25, -0.2) is 0 Å². The Morgan fingerprint density at radius 3 is 2.18 bits per heavy atom. The van der Waals surface area contributed by atoms with Crippen LogP contribution in [0.25, 0.3) is 0 Å². The first-order chi connectivity index (χ1) is 16.6. The van der Waals surface area contributed by atoms with E-state index >= 15 is 0 Å². The lowest BCUT2D eigenvalue weighted by atomic mass is 10.1. The maximum atomic E-state index is 12.7. The number of hydrogen-bond acceptors (Lipinski definition) is 4. The second-order valence-electron chi connectivity index (χ2n) is 7.49. The van der Waals surface area contributed by atoms with E-state index in [1.807, 2.05) is 48.5 Å². The molecule has 0 fully saturated rings. The molecule has 170 valence electrons. The molecule has 0 aliphatic carbocycles. The molecule has 6 nitrogen and oxygen atoms in total. The van der Waals surface area contributed by atoms with Gasteiger partial charge >= 0.3 is 0 Å². The largest absolute Gasteiger partial charge is 0.495 e. The van der Waals surface area contributed by atoms with Gasteiger partial charge in [0, 0.05) is 16.8 Å². The van der Waals surface area contributed by atoms with Crippen molar-refractivity contribution in [3.05, 3.63) is 120 Å². The first-order valence-electron chi connectivity index (χ1n) is 10.7. The Labute approximate surface area is 198 Å². The molecule has 0 aliphatic heterocycles. The Balaban J connectivity index is 1.36. The van der Waals surface area contributed by atoms with E-state index in [0.717, 1.165) is 5.56 Å². The van der Waals surface area contributed by atoms with E-state index in [0.29, 0.717) is 40.6 Å². The first kappa shape index (κ1) is 22.6. The number of carbonyl (C=O) groups excluding carboxylic acids is 2. The zero-order valence-corrected chi connectivity index (χ0v) is 18.7. The molecule has 0 saturated heterocycles. The summed E-state index contributed by atoms with van der Waals surface area (Å²) in [5.41, 5.74) is 3.15. The molecule has 6 heteroatoms. The molecule has 2 N–H and O–H groups in total. The molecule has 0 aliphatic rings. The number of amides is 2. The zero-order chi connectivity index (χ0) is 23.8. The number of para-hydroxylation sites is 2. The van der Waals surface area contributed by atoms with Gasteiger partial charge in [0.15, 0.2) is 0 Å². The average Bonchev–Trinajstić information content (AvgIpc) is 2.89. The SMILES string of the molecule is COc1ccccc1NC(=O)c1ccc(NC(=O)c2cccc(OCc3ccccc3)c2)cc1. The molecule has 0 bridgehead atoms. The predicted octanol–water partition coefficient (Wildman–Crippen LogP) is 5.78. The molecule has 4 aromatic carbocycles. The number of ether oxygens (including phenoxy) is 2. The fourth-order valence-corrected chi connectivity index (χ4v) is 3.32. The Bertz CT molecular complexity index is 1270. The molecule has 34 heavy (non-hydrogen) atoms. The van der Waals surface area contributed by atoms with Crippen LogP contribution in [0.5, 0.6) is 11.5 Å². The van der Waals surface area contributed by atoms with Crippen molar-refractivity contribution in [2.75, 3.05) is 17.7 Å². The number of methoxy groups -OCH3 is 1. The Hall–Kier alpha value is -4.58. The average molecular weight is 453 g/mol. The summed E-state index contributed by atoms with van der Waals surface area (Å²) >= 11 is 0. The van der Waals surface area contributed by atoms with Gasteiger partial charge in [-0.2, -0.15) is 0 Å². The van der Waals surface area contributed by atoms with Gasteiger partial charge in [-0.3, -0.25) is 9.59 Å². The summed E-state index contributed by atoms with van der Waals surface area (Å²) in [6, 6.07) is 30.7. The second kappa shape index (κ2) is 10.8. The monoisotopic (exact) mass is 452 g/mol. The normalized spacial score (nSPS) is 10.3. The number of anilines is 2. The molecule has 0 atom stereocenters. The van der Waals surface area contributed by atoms with E-state index in [2.05, 4.69) is 10.6 Å². The van der Waals surface area contributed by atoms with Gasteiger partial charge in [0.1, 0.15) is 18.1 Å². The molecule has 4 aromatic rings. The van der Waals surface area contributed by atoms with E-state index in [1.54, 1.807) is 61.7 Å². The topological polar surface area (TPSA) is 76.7 Å². The lowest BCUT2D eigenvalue weighted by Crippen LogP contribution is -2.14.